The van der Waals surface area contributed by atoms with E-state index in [-0.39, 0.29) is 21.7 Å². The fourth-order valence-electron chi connectivity index (χ4n) is 20.4. The highest BCUT2D eigenvalue weighted by Gasteiger charge is 2.44. The van der Waals surface area contributed by atoms with Crippen LogP contribution in [0.4, 0.5) is 0 Å². The van der Waals surface area contributed by atoms with Gasteiger partial charge in [0.15, 0.2) is 0 Å². The van der Waals surface area contributed by atoms with Crippen molar-refractivity contribution in [3.63, 3.8) is 0 Å². The molecule has 0 saturated heterocycles. The predicted octanol–water partition coefficient (Wildman–Crippen LogP) is 28.9. The molecule has 0 atom stereocenters. The largest absolute Gasteiger partial charge is 0.309 e. The highest BCUT2D eigenvalue weighted by atomic mass is 15.0. The smallest absolute Gasteiger partial charge is 0.0541 e. The normalized spacial score (nSPS) is 14.9. The summed E-state index contributed by atoms with van der Waals surface area (Å²) in [7, 11) is 0. The van der Waals surface area contributed by atoms with Crippen LogP contribution in [0.1, 0.15) is 125 Å². The zero-order chi connectivity index (χ0) is 73.5. The molecule has 2 aromatic heterocycles. The predicted molar refractivity (Wildman–Crippen MR) is 462 cm³/mol. The lowest BCUT2D eigenvalue weighted by Gasteiger charge is -2.24. The van der Waals surface area contributed by atoms with Gasteiger partial charge in [-0.15, -0.1) is 0 Å². The Bertz CT molecular complexity index is 7010. The maximum absolute atomic E-state index is 2.58. The molecule has 0 unspecified atom stereocenters. The molecule has 18 aromatic rings. The molecule has 0 saturated carbocycles. The fraction of sp³-hybridized carbons (Fsp3) is 0.140. The Morgan fingerprint density at radius 1 is 0.202 bits per heavy atom. The fourth-order valence-corrected chi connectivity index (χ4v) is 20.4. The summed E-state index contributed by atoms with van der Waals surface area (Å²) >= 11 is 0. The van der Waals surface area contributed by atoms with E-state index in [2.05, 4.69) is 388 Å². The Kier molecular flexibility index (Phi) is 13.3. The van der Waals surface area contributed by atoms with E-state index in [1.165, 1.54) is 215 Å². The summed E-state index contributed by atoms with van der Waals surface area (Å²) in [6, 6.07) is 119. The van der Waals surface area contributed by atoms with Crippen LogP contribution < -0.4 is 0 Å². The Labute approximate surface area is 637 Å². The first-order valence-corrected chi connectivity index (χ1v) is 39.1. The lowest BCUT2D eigenvalue weighted by molar-refractivity contribution is 0.652. The van der Waals surface area contributed by atoms with E-state index in [1.54, 1.807) is 0 Å². The van der Waals surface area contributed by atoms with Gasteiger partial charge in [0.1, 0.15) is 0 Å². The first kappa shape index (κ1) is 63.9. The zero-order valence-electron chi connectivity index (χ0n) is 63.4. The number of hydrogen-bond donors (Lipinski definition) is 0. The van der Waals surface area contributed by atoms with Crippen molar-refractivity contribution in [1.29, 1.82) is 0 Å². The van der Waals surface area contributed by atoms with E-state index < -0.39 is 0 Å². The third-order valence-electron chi connectivity index (χ3n) is 26.4. The molecule has 2 nitrogen and oxygen atoms in total. The van der Waals surface area contributed by atoms with Gasteiger partial charge in [0.25, 0.3) is 0 Å². The van der Waals surface area contributed by atoms with Gasteiger partial charge in [-0.1, -0.05) is 263 Å². The lowest BCUT2D eigenvalue weighted by atomic mass is 9.79. The van der Waals surface area contributed by atoms with Crippen LogP contribution in [0.5, 0.6) is 0 Å². The number of rotatable bonds is 8. The van der Waals surface area contributed by atoms with Crippen molar-refractivity contribution in [2.45, 2.75) is 96.8 Å². The highest BCUT2D eigenvalue weighted by molar-refractivity contribution is 6.12. The third-order valence-corrected chi connectivity index (χ3v) is 26.4. The summed E-state index contributed by atoms with van der Waals surface area (Å²) in [6.45, 7) is 24.1. The zero-order valence-corrected chi connectivity index (χ0v) is 63.4. The van der Waals surface area contributed by atoms with E-state index in [0.717, 1.165) is 11.4 Å². The topological polar surface area (TPSA) is 9.86 Å². The molecule has 4 aliphatic rings. The molecule has 2 heteroatoms. The van der Waals surface area contributed by atoms with E-state index >= 15 is 0 Å². The molecule has 0 radical (unpaired) electrons. The van der Waals surface area contributed by atoms with E-state index in [4.69, 9.17) is 0 Å². The molecule has 0 N–H and O–H groups in total. The number of nitrogens with zero attached hydrogens (tertiary/aromatic N) is 2. The SMILES string of the molecule is CC(C)c1cc(-c2ccc3c(c2)C(C)(C)c2cc4c(cc2-3)C(C)(C)c2ccc(-c3ccc5c(c3)c3ccccc3n5-c3cc(-c5ccc6c(c5)C(C)(C)c5cc7c(cc5-6)C(C)(C)c5ccccc5-7)cc(-n5c6ccccc6c6ccccc65)c3)cc2-4)cc(-c2ccc3cc(-c4ccc5ccccc5c4)ccc3c2)c1. The maximum atomic E-state index is 2.58. The molecule has 22 rings (SSSR count). The molecule has 0 bridgehead atoms. The van der Waals surface area contributed by atoms with Crippen molar-refractivity contribution in [2.75, 3.05) is 0 Å². The minimum Gasteiger partial charge on any atom is -0.309 e. The average Bonchev–Trinajstić information content (AvgIpc) is 1.55. The second-order valence-corrected chi connectivity index (χ2v) is 34.2. The van der Waals surface area contributed by atoms with Crippen molar-refractivity contribution in [3.8, 4) is 112 Å². The minimum absolute atomic E-state index is 0.0809. The van der Waals surface area contributed by atoms with E-state index in [1.807, 2.05) is 0 Å². The van der Waals surface area contributed by atoms with Crippen LogP contribution in [0.25, 0.3) is 177 Å². The number of hydrogen-bond acceptors (Lipinski definition) is 0. The highest BCUT2D eigenvalue weighted by Crippen LogP contribution is 2.60. The summed E-state index contributed by atoms with van der Waals surface area (Å²) in [5, 5.41) is 9.99. The van der Waals surface area contributed by atoms with Gasteiger partial charge in [0.2, 0.25) is 0 Å². The summed E-state index contributed by atoms with van der Waals surface area (Å²) in [6.07, 6.45) is 0. The molecular weight excluding hydrogens is 1310 g/mol. The molecule has 4 aliphatic carbocycles. The maximum Gasteiger partial charge on any atom is 0.0541 e. The quantitative estimate of drug-likeness (QED) is 0.143. The number of para-hydroxylation sites is 3. The van der Waals surface area contributed by atoms with Gasteiger partial charge in [-0.05, 0) is 293 Å². The lowest BCUT2D eigenvalue weighted by Crippen LogP contribution is -2.17. The average molecular weight is 1400 g/mol. The van der Waals surface area contributed by atoms with Crippen molar-refractivity contribution >= 4 is 65.2 Å². The van der Waals surface area contributed by atoms with Crippen LogP contribution in [-0.4, -0.2) is 9.13 Å². The Balaban J connectivity index is 0.620. The first-order chi connectivity index (χ1) is 52.8. The molecule has 109 heavy (non-hydrogen) atoms. The molecule has 0 amide bonds. The van der Waals surface area contributed by atoms with Gasteiger partial charge in [-0.25, -0.2) is 0 Å². The number of aromatic nitrogens is 2. The van der Waals surface area contributed by atoms with Crippen LogP contribution >= 0.6 is 0 Å². The van der Waals surface area contributed by atoms with Crippen molar-refractivity contribution in [1.82, 2.24) is 9.13 Å². The van der Waals surface area contributed by atoms with Crippen LogP contribution in [0.3, 0.4) is 0 Å². The van der Waals surface area contributed by atoms with Crippen LogP contribution in [0.15, 0.2) is 309 Å². The van der Waals surface area contributed by atoms with Gasteiger partial charge in [-0.2, -0.15) is 0 Å². The van der Waals surface area contributed by atoms with Crippen molar-refractivity contribution in [2.24, 2.45) is 0 Å². The molecule has 2 heterocycles. The molecule has 0 fully saturated rings. The van der Waals surface area contributed by atoms with Crippen LogP contribution in [-0.2, 0) is 21.7 Å². The van der Waals surface area contributed by atoms with E-state index in [9.17, 15) is 0 Å². The third kappa shape index (κ3) is 9.22. The summed E-state index contributed by atoms with van der Waals surface area (Å²) in [4.78, 5) is 0. The molecule has 0 aliphatic heterocycles. The van der Waals surface area contributed by atoms with Gasteiger partial charge in [0, 0.05) is 54.6 Å². The summed E-state index contributed by atoms with van der Waals surface area (Å²) < 4.78 is 5.02. The number of benzene rings is 16. The van der Waals surface area contributed by atoms with E-state index in [0.29, 0.717) is 5.92 Å². The second kappa shape index (κ2) is 22.6. The van der Waals surface area contributed by atoms with Gasteiger partial charge in [0.05, 0.1) is 22.1 Å². The molecule has 16 aromatic carbocycles. The Hall–Kier alpha value is -12.4. The Morgan fingerprint density at radius 2 is 0.532 bits per heavy atom. The van der Waals surface area contributed by atoms with Crippen LogP contribution in [0.2, 0.25) is 0 Å². The first-order valence-electron chi connectivity index (χ1n) is 39.1. The molecular formula is C107H82N2. The van der Waals surface area contributed by atoms with Gasteiger partial charge in [-0.3, -0.25) is 0 Å². The number of fused-ring (bicyclic) bond motifs is 20. The van der Waals surface area contributed by atoms with Gasteiger partial charge >= 0.3 is 0 Å². The molecule has 0 spiro atoms. The molecule has 520 valence electrons. The van der Waals surface area contributed by atoms with Crippen molar-refractivity contribution in [3.05, 3.63) is 359 Å². The monoisotopic (exact) mass is 1390 g/mol. The Morgan fingerprint density at radius 3 is 1.06 bits per heavy atom. The summed E-state index contributed by atoms with van der Waals surface area (Å²) in [5.41, 5.74) is 41.9. The minimum atomic E-state index is -0.233. The van der Waals surface area contributed by atoms with Gasteiger partial charge < -0.3 is 9.13 Å². The second-order valence-electron chi connectivity index (χ2n) is 34.2. The summed E-state index contributed by atoms with van der Waals surface area (Å²) in [5.74, 6) is 0.366. The van der Waals surface area contributed by atoms with Crippen molar-refractivity contribution < 1.29 is 0 Å². The van der Waals surface area contributed by atoms with Crippen LogP contribution in [0, 0.1) is 0 Å². The standard InChI is InChI=1S/C107H82N2/c1-62(2)74-48-75(69-36-35-67-46-66(33-34-68(67)47-69)65-32-31-63-21-11-12-22-64(63)45-65)50-76(49-74)72-37-41-81-89-60-99-90(61-98(89)107(9,10)94(81)55-72)86-53-70(39-43-93(86)105(99,5)6)71-40-44-103-91(54-71)85-26-16-20-30-102(85)109(103)79-52-77(51-78(57-79)108-100-28-18-14-24-83(100)84-25-15-19-29-101(84)108)73-38-42-82-88-59-96-87(58-97(88)106(7,8)95(82)56-73)80-23-13-17-27-92(80)104(96,3)4/h11-62H,1-10H3.